The van der Waals surface area contributed by atoms with Crippen molar-refractivity contribution in [2.45, 2.75) is 46.2 Å². The Kier molecular flexibility index (Phi) is 9.47. The van der Waals surface area contributed by atoms with Crippen molar-refractivity contribution >= 4 is 5.91 Å². The summed E-state index contributed by atoms with van der Waals surface area (Å²) in [5.41, 5.74) is 7.35. The number of alkyl halides is 2. The van der Waals surface area contributed by atoms with Crippen LogP contribution in [-0.4, -0.2) is 36.6 Å². The predicted molar refractivity (Wildman–Crippen MR) is 109 cm³/mol. The first-order valence-electron chi connectivity index (χ1n) is 9.07. The minimum atomic E-state index is -2.49. The Morgan fingerprint density at radius 2 is 1.90 bits per heavy atom. The average Bonchev–Trinajstić information content (AvgIpc) is 2.64. The van der Waals surface area contributed by atoms with Gasteiger partial charge in [-0.15, -0.1) is 0 Å². The highest BCUT2D eigenvalue weighted by atomic mass is 19.3. The summed E-state index contributed by atoms with van der Waals surface area (Å²) in [6.07, 6.45) is -0.929. The van der Waals surface area contributed by atoms with Crippen molar-refractivity contribution in [2.24, 2.45) is 5.73 Å². The monoisotopic (exact) mass is 409 g/mol. The van der Waals surface area contributed by atoms with Crippen LogP contribution < -0.4 is 20.5 Å². The SMILES string of the molecule is COc1cc(CNC(C)(C)C)ccc1OCC(F)F.Cc1cc(C(N)=O)ccn1. The molecule has 0 spiro atoms. The maximum atomic E-state index is 12.1. The Bertz CT molecular complexity index is 793. The molecule has 0 unspecified atom stereocenters. The van der Waals surface area contributed by atoms with Gasteiger partial charge in [0, 0.05) is 29.5 Å². The predicted octanol–water partition coefficient (Wildman–Crippen LogP) is 3.72. The van der Waals surface area contributed by atoms with Crippen LogP contribution in [0.15, 0.2) is 36.5 Å². The highest BCUT2D eigenvalue weighted by Gasteiger charge is 2.12. The fourth-order valence-corrected chi connectivity index (χ4v) is 2.16. The van der Waals surface area contributed by atoms with Gasteiger partial charge in [0.25, 0.3) is 6.43 Å². The summed E-state index contributed by atoms with van der Waals surface area (Å²) in [5.74, 6) is 0.390. The molecule has 0 aliphatic rings. The van der Waals surface area contributed by atoms with E-state index in [0.717, 1.165) is 11.3 Å². The number of nitrogens with one attached hydrogen (secondary N) is 1. The smallest absolute Gasteiger partial charge is 0.272 e. The molecule has 2 rings (SSSR count). The summed E-state index contributed by atoms with van der Waals surface area (Å²) in [6.45, 7) is 8.08. The number of amides is 1. The van der Waals surface area contributed by atoms with Gasteiger partial charge in [-0.05, 0) is 57.5 Å². The van der Waals surface area contributed by atoms with Gasteiger partial charge in [-0.25, -0.2) is 8.78 Å². The van der Waals surface area contributed by atoms with Crippen LogP contribution in [0.25, 0.3) is 0 Å². The first kappa shape index (κ1) is 24.3. The molecular formula is C21H29F2N3O3. The van der Waals surface area contributed by atoms with Crippen molar-refractivity contribution in [3.05, 3.63) is 53.3 Å². The number of carbonyl (C=O) groups excluding carboxylic acids is 1. The molecule has 2 aromatic rings. The molecule has 0 aliphatic heterocycles. The number of pyridine rings is 1. The summed E-state index contributed by atoms with van der Waals surface area (Å²) < 4.78 is 34.4. The molecule has 0 saturated carbocycles. The number of nitrogens with two attached hydrogens (primary N) is 1. The van der Waals surface area contributed by atoms with E-state index < -0.39 is 18.9 Å². The number of hydrogen-bond donors (Lipinski definition) is 2. The zero-order valence-corrected chi connectivity index (χ0v) is 17.5. The number of hydrogen-bond acceptors (Lipinski definition) is 5. The maximum Gasteiger partial charge on any atom is 0.272 e. The van der Waals surface area contributed by atoms with Crippen LogP contribution >= 0.6 is 0 Å². The van der Waals surface area contributed by atoms with Crippen LogP contribution in [0.2, 0.25) is 0 Å². The number of primary amides is 1. The summed E-state index contributed by atoms with van der Waals surface area (Å²) in [4.78, 5) is 14.5. The number of aryl methyl sites for hydroxylation is 1. The quantitative estimate of drug-likeness (QED) is 0.728. The largest absolute Gasteiger partial charge is 0.493 e. The van der Waals surface area contributed by atoms with Crippen LogP contribution in [0.5, 0.6) is 11.5 Å². The van der Waals surface area contributed by atoms with Gasteiger partial charge in [0.2, 0.25) is 5.91 Å². The lowest BCUT2D eigenvalue weighted by molar-refractivity contribution is 0.0804. The molecule has 0 radical (unpaired) electrons. The van der Waals surface area contributed by atoms with Gasteiger partial charge >= 0.3 is 0 Å². The third-order valence-corrected chi connectivity index (χ3v) is 3.60. The highest BCUT2D eigenvalue weighted by Crippen LogP contribution is 2.28. The van der Waals surface area contributed by atoms with E-state index in [1.165, 1.54) is 7.11 Å². The summed E-state index contributed by atoms with van der Waals surface area (Å²) >= 11 is 0. The van der Waals surface area contributed by atoms with E-state index in [4.69, 9.17) is 15.2 Å². The van der Waals surface area contributed by atoms with Gasteiger partial charge in [0.15, 0.2) is 11.5 Å². The van der Waals surface area contributed by atoms with Crippen molar-refractivity contribution in [3.8, 4) is 11.5 Å². The number of carbonyl (C=O) groups is 1. The van der Waals surface area contributed by atoms with Gasteiger partial charge in [-0.1, -0.05) is 6.07 Å². The van der Waals surface area contributed by atoms with Crippen molar-refractivity contribution in [1.29, 1.82) is 0 Å². The normalized spacial score (nSPS) is 10.9. The third kappa shape index (κ3) is 9.84. The first-order valence-corrected chi connectivity index (χ1v) is 9.07. The maximum absolute atomic E-state index is 12.1. The first-order chi connectivity index (χ1) is 13.5. The Morgan fingerprint density at radius 1 is 1.21 bits per heavy atom. The van der Waals surface area contributed by atoms with Crippen molar-refractivity contribution < 1.29 is 23.0 Å². The zero-order valence-electron chi connectivity index (χ0n) is 17.5. The molecule has 0 bridgehead atoms. The third-order valence-electron chi connectivity index (χ3n) is 3.60. The minimum absolute atomic E-state index is 0.0120. The Labute approximate surface area is 170 Å². The molecule has 29 heavy (non-hydrogen) atoms. The lowest BCUT2D eigenvalue weighted by Crippen LogP contribution is -2.35. The molecule has 0 atom stereocenters. The molecule has 160 valence electrons. The van der Waals surface area contributed by atoms with Crippen LogP contribution in [0.1, 0.15) is 42.4 Å². The molecule has 8 heteroatoms. The zero-order chi connectivity index (χ0) is 22.0. The molecule has 1 amide bonds. The van der Waals surface area contributed by atoms with E-state index in [-0.39, 0.29) is 5.54 Å². The molecule has 1 heterocycles. The van der Waals surface area contributed by atoms with E-state index >= 15 is 0 Å². The highest BCUT2D eigenvalue weighted by molar-refractivity contribution is 5.92. The fraction of sp³-hybridized carbons (Fsp3) is 0.429. The number of rotatable bonds is 7. The van der Waals surface area contributed by atoms with Gasteiger partial charge < -0.3 is 20.5 Å². The number of nitrogens with zero attached hydrogens (tertiary/aromatic N) is 1. The standard InChI is InChI=1S/C14H21F2NO2.C7H8N2O/c1-14(2,3)17-8-10-5-6-11(12(7-10)18-4)19-9-13(15)16;1-5-4-6(7(8)10)2-3-9-5/h5-7,13,17H,8-9H2,1-4H3;2-4H,1H3,(H2,8,10). The molecule has 3 N–H and O–H groups in total. The van der Waals surface area contributed by atoms with E-state index in [9.17, 15) is 13.6 Å². The van der Waals surface area contributed by atoms with E-state index in [1.54, 1.807) is 30.5 Å². The van der Waals surface area contributed by atoms with Gasteiger partial charge in [0.05, 0.1) is 7.11 Å². The van der Waals surface area contributed by atoms with Crippen LogP contribution in [0, 0.1) is 6.92 Å². The number of ether oxygens (including phenoxy) is 2. The second kappa shape index (κ2) is 11.3. The Hall–Kier alpha value is -2.74. The van der Waals surface area contributed by atoms with Crippen molar-refractivity contribution in [2.75, 3.05) is 13.7 Å². The van der Waals surface area contributed by atoms with Crippen LogP contribution in [-0.2, 0) is 6.54 Å². The molecule has 0 fully saturated rings. The lowest BCUT2D eigenvalue weighted by Gasteiger charge is -2.21. The number of benzene rings is 1. The second-order valence-corrected chi connectivity index (χ2v) is 7.34. The fourth-order valence-electron chi connectivity index (χ4n) is 2.16. The summed E-state index contributed by atoms with van der Waals surface area (Å²) in [7, 11) is 1.49. The Morgan fingerprint density at radius 3 is 2.38 bits per heavy atom. The van der Waals surface area contributed by atoms with Crippen LogP contribution in [0.3, 0.4) is 0 Å². The minimum Gasteiger partial charge on any atom is -0.493 e. The molecule has 1 aromatic carbocycles. The molecule has 0 aliphatic carbocycles. The topological polar surface area (TPSA) is 86.5 Å². The Balaban J connectivity index is 0.000000352. The lowest BCUT2D eigenvalue weighted by atomic mass is 10.1. The van der Waals surface area contributed by atoms with Crippen LogP contribution in [0.4, 0.5) is 8.78 Å². The summed E-state index contributed by atoms with van der Waals surface area (Å²) in [5, 5.41) is 3.34. The van der Waals surface area contributed by atoms with E-state index in [0.29, 0.717) is 23.6 Å². The van der Waals surface area contributed by atoms with Crippen molar-refractivity contribution in [3.63, 3.8) is 0 Å². The number of halogens is 2. The summed E-state index contributed by atoms with van der Waals surface area (Å²) in [6, 6.07) is 8.53. The second-order valence-electron chi connectivity index (χ2n) is 7.34. The average molecular weight is 409 g/mol. The molecule has 6 nitrogen and oxygen atoms in total. The van der Waals surface area contributed by atoms with Crippen molar-refractivity contribution in [1.82, 2.24) is 10.3 Å². The van der Waals surface area contributed by atoms with Gasteiger partial charge in [0.1, 0.15) is 6.61 Å². The number of aromatic nitrogens is 1. The number of methoxy groups -OCH3 is 1. The van der Waals surface area contributed by atoms with E-state index in [1.807, 2.05) is 13.0 Å². The molecule has 0 saturated heterocycles. The van der Waals surface area contributed by atoms with Gasteiger partial charge in [-0.2, -0.15) is 0 Å². The van der Waals surface area contributed by atoms with Gasteiger partial charge in [-0.3, -0.25) is 9.78 Å². The van der Waals surface area contributed by atoms with E-state index in [2.05, 4.69) is 31.1 Å². The molecular weight excluding hydrogens is 380 g/mol. The molecule has 1 aromatic heterocycles.